The normalized spacial score (nSPS) is 10.6. The van der Waals surface area contributed by atoms with E-state index in [0.717, 1.165) is 35.7 Å². The molecule has 0 saturated heterocycles. The molecule has 0 aliphatic rings. The van der Waals surface area contributed by atoms with Crippen LogP contribution in [0.25, 0.3) is 11.0 Å². The lowest BCUT2D eigenvalue weighted by molar-refractivity contribution is -0.107. The van der Waals surface area contributed by atoms with Crippen molar-refractivity contribution in [3.63, 3.8) is 0 Å². The number of carbonyl (C=O) groups excluding carboxylic acids is 1. The van der Waals surface area contributed by atoms with Crippen LogP contribution in [0.2, 0.25) is 0 Å². The van der Waals surface area contributed by atoms with Gasteiger partial charge in [-0.1, -0.05) is 12.1 Å². The van der Waals surface area contributed by atoms with Crippen molar-refractivity contribution in [3.8, 4) is 0 Å². The maximum absolute atomic E-state index is 10.2. The predicted octanol–water partition coefficient (Wildman–Crippen LogP) is 1.48. The van der Waals surface area contributed by atoms with Gasteiger partial charge in [-0.05, 0) is 24.5 Å². The first kappa shape index (κ1) is 8.87. The van der Waals surface area contributed by atoms with Gasteiger partial charge in [0.1, 0.15) is 17.3 Å². The van der Waals surface area contributed by atoms with E-state index < -0.39 is 0 Å². The van der Waals surface area contributed by atoms with Crippen molar-refractivity contribution in [2.24, 2.45) is 0 Å². The summed E-state index contributed by atoms with van der Waals surface area (Å²) in [6.07, 6.45) is 3.30. The molecule has 2 aromatic rings. The Labute approximate surface area is 81.3 Å². The van der Waals surface area contributed by atoms with Crippen molar-refractivity contribution in [3.05, 3.63) is 23.8 Å². The van der Waals surface area contributed by atoms with Crippen LogP contribution in [-0.2, 0) is 11.2 Å². The van der Waals surface area contributed by atoms with Crippen molar-refractivity contribution in [1.82, 2.24) is 15.4 Å². The van der Waals surface area contributed by atoms with Crippen LogP contribution in [0, 0.1) is 0 Å². The van der Waals surface area contributed by atoms with E-state index in [-0.39, 0.29) is 0 Å². The number of nitrogens with zero attached hydrogens (tertiary/aromatic N) is 2. The molecular weight excluding hydrogens is 178 g/mol. The number of hydrogen-bond donors (Lipinski definition) is 1. The fraction of sp³-hybridized carbons (Fsp3) is 0.300. The number of aryl methyl sites for hydroxylation is 1. The van der Waals surface area contributed by atoms with E-state index in [1.807, 2.05) is 18.2 Å². The zero-order valence-electron chi connectivity index (χ0n) is 7.73. The second kappa shape index (κ2) is 4.00. The van der Waals surface area contributed by atoms with Gasteiger partial charge in [-0.25, -0.2) is 0 Å². The lowest BCUT2D eigenvalue weighted by atomic mass is 10.1. The zero-order valence-corrected chi connectivity index (χ0v) is 7.73. The lowest BCUT2D eigenvalue weighted by Gasteiger charge is -1.98. The molecule has 4 heteroatoms. The number of carbonyl (C=O) groups is 1. The van der Waals surface area contributed by atoms with Crippen molar-refractivity contribution in [2.45, 2.75) is 19.3 Å². The number of fused-ring (bicyclic) bond motifs is 1. The summed E-state index contributed by atoms with van der Waals surface area (Å²) in [4.78, 5) is 10.2. The molecule has 0 bridgehead atoms. The smallest absolute Gasteiger partial charge is 0.120 e. The summed E-state index contributed by atoms with van der Waals surface area (Å²) >= 11 is 0. The topological polar surface area (TPSA) is 58.6 Å². The Morgan fingerprint density at radius 3 is 3.14 bits per heavy atom. The van der Waals surface area contributed by atoms with Gasteiger partial charge < -0.3 is 4.79 Å². The molecular formula is C10H11N3O. The summed E-state index contributed by atoms with van der Waals surface area (Å²) < 4.78 is 0. The van der Waals surface area contributed by atoms with Gasteiger partial charge in [0, 0.05) is 6.42 Å². The summed E-state index contributed by atoms with van der Waals surface area (Å²) in [5, 5.41) is 10.7. The van der Waals surface area contributed by atoms with Gasteiger partial charge in [-0.15, -0.1) is 0 Å². The summed E-state index contributed by atoms with van der Waals surface area (Å²) in [7, 11) is 0. The van der Waals surface area contributed by atoms with Gasteiger partial charge >= 0.3 is 0 Å². The highest BCUT2D eigenvalue weighted by Crippen LogP contribution is 2.15. The minimum atomic E-state index is 0.605. The second-order valence-corrected chi connectivity index (χ2v) is 3.17. The minimum absolute atomic E-state index is 0.605. The van der Waals surface area contributed by atoms with Gasteiger partial charge in [-0.3, -0.25) is 0 Å². The van der Waals surface area contributed by atoms with E-state index >= 15 is 0 Å². The predicted molar refractivity (Wildman–Crippen MR) is 52.9 cm³/mol. The van der Waals surface area contributed by atoms with Crippen LogP contribution >= 0.6 is 0 Å². The monoisotopic (exact) mass is 189 g/mol. The molecule has 0 radical (unpaired) electrons. The first-order chi connectivity index (χ1) is 6.92. The molecule has 0 unspecified atom stereocenters. The number of rotatable bonds is 4. The van der Waals surface area contributed by atoms with Crippen LogP contribution in [0.3, 0.4) is 0 Å². The Morgan fingerprint density at radius 2 is 2.29 bits per heavy atom. The average Bonchev–Trinajstić information content (AvgIpc) is 2.67. The first-order valence-electron chi connectivity index (χ1n) is 4.64. The van der Waals surface area contributed by atoms with Crippen molar-refractivity contribution >= 4 is 17.3 Å². The number of benzene rings is 1. The molecule has 2 rings (SSSR count). The van der Waals surface area contributed by atoms with Gasteiger partial charge in [0.2, 0.25) is 0 Å². The molecule has 0 saturated carbocycles. The van der Waals surface area contributed by atoms with E-state index in [1.54, 1.807) is 0 Å². The molecule has 1 heterocycles. The molecule has 0 aliphatic carbocycles. The Morgan fingerprint density at radius 1 is 1.36 bits per heavy atom. The molecule has 0 amide bonds. The fourth-order valence-corrected chi connectivity index (χ4v) is 1.50. The van der Waals surface area contributed by atoms with Crippen LogP contribution in [0.4, 0.5) is 0 Å². The Bertz CT molecular complexity index is 436. The second-order valence-electron chi connectivity index (χ2n) is 3.17. The van der Waals surface area contributed by atoms with Crippen molar-refractivity contribution in [1.29, 1.82) is 0 Å². The van der Waals surface area contributed by atoms with E-state index in [1.165, 1.54) is 0 Å². The standard InChI is InChI=1S/C10H11N3O/c14-7-2-1-4-8-5-3-6-9-10(8)12-13-11-9/h3,5-7H,1-2,4H2,(H,11,12,13). The highest BCUT2D eigenvalue weighted by molar-refractivity contribution is 5.77. The maximum atomic E-state index is 10.2. The molecule has 0 atom stereocenters. The van der Waals surface area contributed by atoms with Gasteiger partial charge in [-0.2, -0.15) is 15.4 Å². The van der Waals surface area contributed by atoms with Crippen molar-refractivity contribution in [2.75, 3.05) is 0 Å². The third kappa shape index (κ3) is 1.64. The van der Waals surface area contributed by atoms with E-state index in [4.69, 9.17) is 0 Å². The van der Waals surface area contributed by atoms with Gasteiger partial charge in [0.05, 0.1) is 0 Å². The molecule has 72 valence electrons. The highest BCUT2D eigenvalue weighted by atomic mass is 16.1. The van der Waals surface area contributed by atoms with E-state index in [2.05, 4.69) is 15.4 Å². The third-order valence-corrected chi connectivity index (χ3v) is 2.20. The summed E-state index contributed by atoms with van der Waals surface area (Å²) in [6.45, 7) is 0. The number of nitrogens with one attached hydrogen (secondary N) is 1. The Hall–Kier alpha value is -1.71. The van der Waals surface area contributed by atoms with Gasteiger partial charge in [0.15, 0.2) is 0 Å². The summed E-state index contributed by atoms with van der Waals surface area (Å²) in [5.74, 6) is 0. The molecule has 0 aliphatic heterocycles. The van der Waals surface area contributed by atoms with E-state index in [0.29, 0.717) is 6.42 Å². The van der Waals surface area contributed by atoms with Crippen LogP contribution in [-0.4, -0.2) is 21.7 Å². The number of hydrogen-bond acceptors (Lipinski definition) is 3. The van der Waals surface area contributed by atoms with Crippen LogP contribution < -0.4 is 0 Å². The number of para-hydroxylation sites is 1. The number of aromatic nitrogens is 3. The molecule has 14 heavy (non-hydrogen) atoms. The summed E-state index contributed by atoms with van der Waals surface area (Å²) in [5.41, 5.74) is 2.95. The quantitative estimate of drug-likeness (QED) is 0.585. The molecule has 1 aromatic carbocycles. The number of aldehydes is 1. The number of H-pyrrole nitrogens is 1. The van der Waals surface area contributed by atoms with Crippen LogP contribution in [0.1, 0.15) is 18.4 Å². The third-order valence-electron chi connectivity index (χ3n) is 2.20. The minimum Gasteiger partial charge on any atom is -0.303 e. The van der Waals surface area contributed by atoms with E-state index in [9.17, 15) is 4.79 Å². The lowest BCUT2D eigenvalue weighted by Crippen LogP contribution is -1.88. The zero-order chi connectivity index (χ0) is 9.80. The largest absolute Gasteiger partial charge is 0.303 e. The van der Waals surface area contributed by atoms with Crippen molar-refractivity contribution < 1.29 is 4.79 Å². The maximum Gasteiger partial charge on any atom is 0.120 e. The SMILES string of the molecule is O=CCCCc1cccc2n[nH]nc12. The molecule has 4 nitrogen and oxygen atoms in total. The summed E-state index contributed by atoms with van der Waals surface area (Å²) in [6, 6.07) is 5.90. The Kier molecular flexibility index (Phi) is 2.53. The number of unbranched alkanes of at least 4 members (excludes halogenated alkanes) is 1. The number of aromatic amines is 1. The Balaban J connectivity index is 2.23. The molecule has 1 aromatic heterocycles. The average molecular weight is 189 g/mol. The molecule has 1 N–H and O–H groups in total. The fourth-order valence-electron chi connectivity index (χ4n) is 1.50. The van der Waals surface area contributed by atoms with Crippen LogP contribution in [0.5, 0.6) is 0 Å². The van der Waals surface area contributed by atoms with Gasteiger partial charge in [0.25, 0.3) is 0 Å². The molecule has 0 fully saturated rings. The first-order valence-corrected chi connectivity index (χ1v) is 4.64. The molecule has 0 spiro atoms. The highest BCUT2D eigenvalue weighted by Gasteiger charge is 2.03. The van der Waals surface area contributed by atoms with Crippen LogP contribution in [0.15, 0.2) is 18.2 Å².